The topological polar surface area (TPSA) is 47.8 Å². The summed E-state index contributed by atoms with van der Waals surface area (Å²) in [6, 6.07) is 7.80. The average Bonchev–Trinajstić information content (AvgIpc) is 2.99. The van der Waals surface area contributed by atoms with Crippen LogP contribution in [0.1, 0.15) is 0 Å². The van der Waals surface area contributed by atoms with Gasteiger partial charge in [-0.15, -0.1) is 0 Å². The SMILES string of the molecule is COc1c2ccccc2nc2oc3c(c12)O3. The third-order valence-electron chi connectivity index (χ3n) is 2.77. The molecule has 0 atom stereocenters. The fourth-order valence-electron chi connectivity index (χ4n) is 2.02. The number of benzene rings is 1. The molecule has 3 aromatic rings. The molecule has 0 unspecified atom stereocenters. The lowest BCUT2D eigenvalue weighted by atomic mass is 10.1. The number of hydrogen-bond donors (Lipinski definition) is 0. The van der Waals surface area contributed by atoms with E-state index >= 15 is 0 Å². The lowest BCUT2D eigenvalue weighted by molar-refractivity contribution is 0.421. The molecule has 4 heteroatoms. The Labute approximate surface area is 90.4 Å². The number of hydrogen-bond acceptors (Lipinski definition) is 4. The Balaban J connectivity index is 2.29. The minimum atomic E-state index is 0.552. The fraction of sp³-hybridized carbons (Fsp3) is 0.0833. The van der Waals surface area contributed by atoms with E-state index in [4.69, 9.17) is 13.9 Å². The van der Waals surface area contributed by atoms with Crippen LogP contribution in [0.15, 0.2) is 28.7 Å². The molecule has 78 valence electrons. The third kappa shape index (κ3) is 0.821. The highest BCUT2D eigenvalue weighted by Crippen LogP contribution is 2.56. The number of nitrogens with zero attached hydrogens (tertiary/aromatic N) is 1. The third-order valence-corrected chi connectivity index (χ3v) is 2.77. The van der Waals surface area contributed by atoms with E-state index in [-0.39, 0.29) is 0 Å². The Bertz CT molecular complexity index is 730. The number of aromatic nitrogens is 1. The summed E-state index contributed by atoms with van der Waals surface area (Å²) in [5.74, 6) is 2.07. The molecule has 4 rings (SSSR count). The van der Waals surface area contributed by atoms with E-state index in [0.717, 1.165) is 27.8 Å². The number of pyridine rings is 1. The van der Waals surface area contributed by atoms with Gasteiger partial charge in [-0.1, -0.05) is 12.1 Å². The van der Waals surface area contributed by atoms with Crippen LogP contribution in [0.25, 0.3) is 22.0 Å². The van der Waals surface area contributed by atoms with Crippen LogP contribution in [0, 0.1) is 0 Å². The summed E-state index contributed by atoms with van der Waals surface area (Å²) in [6.07, 6.45) is 0. The Morgan fingerprint density at radius 1 is 1.25 bits per heavy atom. The maximum Gasteiger partial charge on any atom is 0.338 e. The summed E-state index contributed by atoms with van der Waals surface area (Å²) in [4.78, 5) is 4.42. The van der Waals surface area contributed by atoms with E-state index in [1.165, 1.54) is 0 Å². The van der Waals surface area contributed by atoms with Gasteiger partial charge >= 0.3 is 5.95 Å². The van der Waals surface area contributed by atoms with Crippen molar-refractivity contribution in [2.24, 2.45) is 0 Å². The molecule has 0 spiro atoms. The molecule has 0 bridgehead atoms. The van der Waals surface area contributed by atoms with Crippen LogP contribution in [0.2, 0.25) is 0 Å². The van der Waals surface area contributed by atoms with Crippen molar-refractivity contribution in [2.75, 3.05) is 7.11 Å². The summed E-state index contributed by atoms with van der Waals surface area (Å²) in [5.41, 5.74) is 1.44. The Hall–Kier alpha value is -2.23. The molecule has 1 aromatic carbocycles. The normalized spacial score (nSPS) is 12.6. The second-order valence-corrected chi connectivity index (χ2v) is 3.66. The van der Waals surface area contributed by atoms with E-state index in [1.807, 2.05) is 24.3 Å². The highest BCUT2D eigenvalue weighted by molar-refractivity contribution is 6.04. The van der Waals surface area contributed by atoms with E-state index in [2.05, 4.69) is 4.98 Å². The summed E-state index contributed by atoms with van der Waals surface area (Å²) >= 11 is 0. The van der Waals surface area contributed by atoms with Crippen molar-refractivity contribution >= 4 is 22.0 Å². The first-order valence-electron chi connectivity index (χ1n) is 4.95. The predicted molar refractivity (Wildman–Crippen MR) is 58.1 cm³/mol. The van der Waals surface area contributed by atoms with Gasteiger partial charge in [0.15, 0.2) is 0 Å². The molecule has 3 heterocycles. The molecule has 0 saturated heterocycles. The van der Waals surface area contributed by atoms with Crippen molar-refractivity contribution in [3.8, 4) is 17.4 Å². The largest absolute Gasteiger partial charge is 0.495 e. The van der Waals surface area contributed by atoms with Crippen LogP contribution < -0.4 is 9.47 Å². The highest BCUT2D eigenvalue weighted by Gasteiger charge is 2.34. The first kappa shape index (κ1) is 7.98. The van der Waals surface area contributed by atoms with Crippen LogP contribution in [-0.2, 0) is 0 Å². The average molecular weight is 213 g/mol. The Kier molecular flexibility index (Phi) is 1.23. The maximum absolute atomic E-state index is 5.43. The molecule has 0 N–H and O–H groups in total. The van der Waals surface area contributed by atoms with Crippen LogP contribution in [-0.4, -0.2) is 12.1 Å². The molecule has 0 radical (unpaired) electrons. The quantitative estimate of drug-likeness (QED) is 0.456. The zero-order valence-electron chi connectivity index (χ0n) is 8.48. The molecule has 1 aliphatic rings. The van der Waals surface area contributed by atoms with Gasteiger partial charge in [-0.2, -0.15) is 0 Å². The van der Waals surface area contributed by atoms with Gasteiger partial charge in [-0.3, -0.25) is 0 Å². The van der Waals surface area contributed by atoms with E-state index in [0.29, 0.717) is 11.7 Å². The van der Waals surface area contributed by atoms with Crippen molar-refractivity contribution in [3.05, 3.63) is 24.3 Å². The molecule has 0 saturated carbocycles. The zero-order valence-corrected chi connectivity index (χ0v) is 8.48. The van der Waals surface area contributed by atoms with Crippen LogP contribution in [0.3, 0.4) is 0 Å². The molecule has 0 aliphatic carbocycles. The molecule has 16 heavy (non-hydrogen) atoms. The van der Waals surface area contributed by atoms with Crippen molar-refractivity contribution in [2.45, 2.75) is 0 Å². The monoisotopic (exact) mass is 213 g/mol. The van der Waals surface area contributed by atoms with Crippen LogP contribution >= 0.6 is 0 Å². The summed E-state index contributed by atoms with van der Waals surface area (Å²) < 4.78 is 16.0. The van der Waals surface area contributed by atoms with Gasteiger partial charge in [0, 0.05) is 5.39 Å². The molecule has 0 fully saturated rings. The van der Waals surface area contributed by atoms with Crippen molar-refractivity contribution in [1.82, 2.24) is 4.98 Å². The second-order valence-electron chi connectivity index (χ2n) is 3.66. The lowest BCUT2D eigenvalue weighted by Gasteiger charge is -2.05. The first-order valence-corrected chi connectivity index (χ1v) is 4.95. The van der Waals surface area contributed by atoms with Gasteiger partial charge in [-0.25, -0.2) is 4.98 Å². The number of fused-ring (bicyclic) bond motifs is 4. The van der Waals surface area contributed by atoms with Gasteiger partial charge in [0.1, 0.15) is 11.1 Å². The van der Waals surface area contributed by atoms with E-state index in [1.54, 1.807) is 7.11 Å². The molecule has 1 aliphatic heterocycles. The second kappa shape index (κ2) is 2.47. The Morgan fingerprint density at radius 3 is 3.00 bits per heavy atom. The van der Waals surface area contributed by atoms with Crippen molar-refractivity contribution in [1.29, 1.82) is 0 Å². The predicted octanol–water partition coefficient (Wildman–Crippen LogP) is 3.10. The van der Waals surface area contributed by atoms with Crippen molar-refractivity contribution < 1.29 is 13.9 Å². The first-order chi connectivity index (χ1) is 7.88. The van der Waals surface area contributed by atoms with Crippen molar-refractivity contribution in [3.63, 3.8) is 0 Å². The van der Waals surface area contributed by atoms with Crippen LogP contribution in [0.4, 0.5) is 0 Å². The zero-order chi connectivity index (χ0) is 10.7. The number of methoxy groups -OCH3 is 1. The molecular weight excluding hydrogens is 206 g/mol. The van der Waals surface area contributed by atoms with Gasteiger partial charge in [0.05, 0.1) is 12.6 Å². The molecular formula is C12H7NO3. The number of furan rings is 1. The minimum absolute atomic E-state index is 0.552. The number of para-hydroxylation sites is 1. The van der Waals surface area contributed by atoms with Gasteiger partial charge < -0.3 is 13.9 Å². The smallest absolute Gasteiger partial charge is 0.338 e. The number of ether oxygens (including phenoxy) is 2. The lowest BCUT2D eigenvalue weighted by Crippen LogP contribution is -1.88. The van der Waals surface area contributed by atoms with E-state index < -0.39 is 0 Å². The fourth-order valence-corrected chi connectivity index (χ4v) is 2.02. The van der Waals surface area contributed by atoms with Gasteiger partial charge in [0.2, 0.25) is 11.5 Å². The van der Waals surface area contributed by atoms with Crippen LogP contribution in [0.5, 0.6) is 17.4 Å². The number of rotatable bonds is 1. The minimum Gasteiger partial charge on any atom is -0.495 e. The summed E-state index contributed by atoms with van der Waals surface area (Å²) in [5, 5.41) is 1.80. The van der Waals surface area contributed by atoms with E-state index in [9.17, 15) is 0 Å². The van der Waals surface area contributed by atoms with Gasteiger partial charge in [-0.05, 0) is 12.1 Å². The summed E-state index contributed by atoms with van der Waals surface area (Å²) in [6.45, 7) is 0. The molecule has 4 nitrogen and oxygen atoms in total. The standard InChI is InChI=1S/C12H7NO3/c1-14-9-6-4-2-3-5-7(6)13-11-8(9)10-12(15-10)16-11/h2-5H,1H3. The maximum atomic E-state index is 5.43. The molecule has 0 amide bonds. The van der Waals surface area contributed by atoms with Gasteiger partial charge in [0.25, 0.3) is 0 Å². The summed E-state index contributed by atoms with van der Waals surface area (Å²) in [7, 11) is 1.64. The molecule has 2 aromatic heterocycles. The highest BCUT2D eigenvalue weighted by atomic mass is 16.7. The Morgan fingerprint density at radius 2 is 2.12 bits per heavy atom.